The molecule has 0 unspecified atom stereocenters. The molecule has 0 amide bonds. The fourth-order valence-corrected chi connectivity index (χ4v) is 4.03. The standard InChI is InChI=1S/C19H26N4O/c1-13-17(14(2)24-22-13)12-23-9-8-18-16(11-23)10-20-19(21-18)15-6-4-3-5-7-15/h10,15H,3-9,11-12H2,1-2H3. The Morgan fingerprint density at radius 1 is 1.21 bits per heavy atom. The predicted octanol–water partition coefficient (Wildman–Crippen LogP) is 3.69. The van der Waals surface area contributed by atoms with Crippen molar-refractivity contribution < 1.29 is 4.52 Å². The zero-order valence-corrected chi connectivity index (χ0v) is 14.7. The van der Waals surface area contributed by atoms with E-state index in [-0.39, 0.29) is 0 Å². The second kappa shape index (κ2) is 6.63. The van der Waals surface area contributed by atoms with Crippen molar-refractivity contribution in [1.82, 2.24) is 20.0 Å². The Labute approximate surface area is 143 Å². The predicted molar refractivity (Wildman–Crippen MR) is 91.7 cm³/mol. The maximum atomic E-state index is 5.29. The molecule has 0 spiro atoms. The summed E-state index contributed by atoms with van der Waals surface area (Å²) in [5, 5.41) is 4.06. The lowest BCUT2D eigenvalue weighted by Crippen LogP contribution is -2.31. The maximum absolute atomic E-state index is 5.29. The number of fused-ring (bicyclic) bond motifs is 1. The Morgan fingerprint density at radius 3 is 2.79 bits per heavy atom. The van der Waals surface area contributed by atoms with Crippen LogP contribution < -0.4 is 0 Å². The molecule has 3 heterocycles. The van der Waals surface area contributed by atoms with Crippen molar-refractivity contribution in [2.24, 2.45) is 0 Å². The zero-order valence-electron chi connectivity index (χ0n) is 14.7. The van der Waals surface area contributed by atoms with Crippen LogP contribution in [-0.4, -0.2) is 26.6 Å². The average Bonchev–Trinajstić information content (AvgIpc) is 2.94. The van der Waals surface area contributed by atoms with Gasteiger partial charge in [0.2, 0.25) is 0 Å². The van der Waals surface area contributed by atoms with Gasteiger partial charge in [-0.2, -0.15) is 0 Å². The largest absolute Gasteiger partial charge is 0.361 e. The quantitative estimate of drug-likeness (QED) is 0.861. The first kappa shape index (κ1) is 15.8. The normalized spacial score (nSPS) is 19.4. The number of aryl methyl sites for hydroxylation is 2. The fraction of sp³-hybridized carbons (Fsp3) is 0.632. The summed E-state index contributed by atoms with van der Waals surface area (Å²) in [4.78, 5) is 12.1. The van der Waals surface area contributed by atoms with Gasteiger partial charge in [-0.25, -0.2) is 9.97 Å². The Balaban J connectivity index is 1.47. The van der Waals surface area contributed by atoms with E-state index in [2.05, 4.69) is 16.3 Å². The smallest absolute Gasteiger partial charge is 0.138 e. The van der Waals surface area contributed by atoms with Crippen LogP contribution in [0.1, 0.15) is 72.1 Å². The molecule has 2 aromatic heterocycles. The van der Waals surface area contributed by atoms with Gasteiger partial charge in [0.25, 0.3) is 0 Å². The molecule has 0 saturated heterocycles. The van der Waals surface area contributed by atoms with E-state index in [1.54, 1.807) is 0 Å². The highest BCUT2D eigenvalue weighted by Crippen LogP contribution is 2.31. The molecule has 1 aliphatic carbocycles. The van der Waals surface area contributed by atoms with Crippen LogP contribution in [-0.2, 0) is 19.5 Å². The first-order valence-corrected chi connectivity index (χ1v) is 9.19. The molecule has 0 radical (unpaired) electrons. The van der Waals surface area contributed by atoms with Gasteiger partial charge >= 0.3 is 0 Å². The number of rotatable bonds is 3. The van der Waals surface area contributed by atoms with Gasteiger partial charge in [0.05, 0.1) is 5.69 Å². The van der Waals surface area contributed by atoms with E-state index in [1.807, 2.05) is 13.8 Å². The Hall–Kier alpha value is -1.75. The van der Waals surface area contributed by atoms with Gasteiger partial charge in [-0.05, 0) is 26.7 Å². The van der Waals surface area contributed by atoms with E-state index in [0.717, 1.165) is 43.3 Å². The topological polar surface area (TPSA) is 55.1 Å². The Bertz CT molecular complexity index is 699. The Morgan fingerprint density at radius 2 is 2.04 bits per heavy atom. The molecule has 0 atom stereocenters. The van der Waals surface area contributed by atoms with Crippen molar-refractivity contribution in [3.05, 3.63) is 40.3 Å². The van der Waals surface area contributed by atoms with E-state index in [0.29, 0.717) is 5.92 Å². The second-order valence-corrected chi connectivity index (χ2v) is 7.30. The van der Waals surface area contributed by atoms with E-state index in [4.69, 9.17) is 14.5 Å². The van der Waals surface area contributed by atoms with Crippen molar-refractivity contribution in [1.29, 1.82) is 0 Å². The molecule has 1 aliphatic heterocycles. The SMILES string of the molecule is Cc1noc(C)c1CN1CCc2nc(C3CCCCC3)ncc2C1. The molecule has 1 saturated carbocycles. The molecule has 2 aliphatic rings. The molecule has 5 nitrogen and oxygen atoms in total. The van der Waals surface area contributed by atoms with E-state index >= 15 is 0 Å². The monoisotopic (exact) mass is 326 g/mol. The second-order valence-electron chi connectivity index (χ2n) is 7.30. The van der Waals surface area contributed by atoms with Crippen LogP contribution >= 0.6 is 0 Å². The molecule has 5 heteroatoms. The third kappa shape index (κ3) is 3.09. The summed E-state index contributed by atoms with van der Waals surface area (Å²) in [5.74, 6) is 2.61. The van der Waals surface area contributed by atoms with Crippen LogP contribution in [0, 0.1) is 13.8 Å². The zero-order chi connectivity index (χ0) is 16.5. The molecular formula is C19H26N4O. The van der Waals surface area contributed by atoms with E-state index < -0.39 is 0 Å². The van der Waals surface area contributed by atoms with Crippen LogP contribution in [0.25, 0.3) is 0 Å². The number of hydrogen-bond donors (Lipinski definition) is 0. The lowest BCUT2D eigenvalue weighted by molar-refractivity contribution is 0.240. The molecule has 0 aromatic carbocycles. The van der Waals surface area contributed by atoms with Crippen LogP contribution in [0.4, 0.5) is 0 Å². The maximum Gasteiger partial charge on any atom is 0.138 e. The lowest BCUT2D eigenvalue weighted by Gasteiger charge is -2.29. The molecule has 128 valence electrons. The minimum atomic E-state index is 0.587. The summed E-state index contributed by atoms with van der Waals surface area (Å²) in [6, 6.07) is 0. The van der Waals surface area contributed by atoms with Crippen molar-refractivity contribution in [3.63, 3.8) is 0 Å². The molecule has 2 aromatic rings. The summed E-state index contributed by atoms with van der Waals surface area (Å²) in [6.45, 7) is 6.86. The highest BCUT2D eigenvalue weighted by atomic mass is 16.5. The summed E-state index contributed by atoms with van der Waals surface area (Å²) < 4.78 is 5.29. The number of hydrogen-bond acceptors (Lipinski definition) is 5. The highest BCUT2D eigenvalue weighted by molar-refractivity contribution is 5.24. The average molecular weight is 326 g/mol. The van der Waals surface area contributed by atoms with Gasteiger partial charge < -0.3 is 4.52 Å². The van der Waals surface area contributed by atoms with Crippen LogP contribution in [0.15, 0.2) is 10.7 Å². The van der Waals surface area contributed by atoms with Crippen LogP contribution in [0.3, 0.4) is 0 Å². The Kier molecular flexibility index (Phi) is 4.35. The first-order chi connectivity index (χ1) is 11.7. The summed E-state index contributed by atoms with van der Waals surface area (Å²) in [5.41, 5.74) is 4.77. The fourth-order valence-electron chi connectivity index (χ4n) is 4.03. The van der Waals surface area contributed by atoms with Gasteiger partial charge in [-0.15, -0.1) is 0 Å². The van der Waals surface area contributed by atoms with Gasteiger partial charge in [-0.3, -0.25) is 4.90 Å². The molecule has 1 fully saturated rings. The number of nitrogens with zero attached hydrogens (tertiary/aromatic N) is 4. The minimum absolute atomic E-state index is 0.587. The molecule has 0 N–H and O–H groups in total. The van der Waals surface area contributed by atoms with Gasteiger partial charge in [0.1, 0.15) is 11.6 Å². The lowest BCUT2D eigenvalue weighted by atomic mass is 9.88. The molecular weight excluding hydrogens is 300 g/mol. The molecule has 24 heavy (non-hydrogen) atoms. The molecule has 4 rings (SSSR count). The minimum Gasteiger partial charge on any atom is -0.361 e. The van der Waals surface area contributed by atoms with E-state index in [1.165, 1.54) is 48.9 Å². The first-order valence-electron chi connectivity index (χ1n) is 9.19. The van der Waals surface area contributed by atoms with Crippen LogP contribution in [0.2, 0.25) is 0 Å². The number of aromatic nitrogens is 3. The van der Waals surface area contributed by atoms with Gasteiger partial charge in [-0.1, -0.05) is 24.4 Å². The van der Waals surface area contributed by atoms with Crippen LogP contribution in [0.5, 0.6) is 0 Å². The highest BCUT2D eigenvalue weighted by Gasteiger charge is 2.23. The molecule has 0 bridgehead atoms. The van der Waals surface area contributed by atoms with Crippen molar-refractivity contribution in [3.8, 4) is 0 Å². The third-order valence-corrected chi connectivity index (χ3v) is 5.56. The van der Waals surface area contributed by atoms with Crippen molar-refractivity contribution in [2.75, 3.05) is 6.54 Å². The van der Waals surface area contributed by atoms with Crippen molar-refractivity contribution >= 4 is 0 Å². The summed E-state index contributed by atoms with van der Waals surface area (Å²) in [6.07, 6.45) is 9.64. The van der Waals surface area contributed by atoms with Gasteiger partial charge in [0, 0.05) is 55.0 Å². The van der Waals surface area contributed by atoms with E-state index in [9.17, 15) is 0 Å². The summed E-state index contributed by atoms with van der Waals surface area (Å²) >= 11 is 0. The third-order valence-electron chi connectivity index (χ3n) is 5.56. The van der Waals surface area contributed by atoms with Gasteiger partial charge in [0.15, 0.2) is 0 Å². The summed E-state index contributed by atoms with van der Waals surface area (Å²) in [7, 11) is 0. The van der Waals surface area contributed by atoms with Crippen molar-refractivity contribution in [2.45, 2.75) is 71.4 Å².